The Morgan fingerprint density at radius 1 is 1.19 bits per heavy atom. The quantitative estimate of drug-likeness (QED) is 0.307. The number of aliphatic imine (C=N–C) groups is 1. The number of carbonyl (C=O) groups excluding carboxylic acids is 1. The average Bonchev–Trinajstić information content (AvgIpc) is 2.78. The van der Waals surface area contributed by atoms with Gasteiger partial charge in [0.15, 0.2) is 5.96 Å². The molecule has 1 saturated heterocycles. The number of hydrogen-bond donors (Lipinski definition) is 2. The van der Waals surface area contributed by atoms with E-state index in [-0.39, 0.29) is 5.91 Å². The summed E-state index contributed by atoms with van der Waals surface area (Å²) in [5.74, 6) is 1.02. The molecule has 0 radical (unpaired) electrons. The first kappa shape index (κ1) is 25.1. The number of piperazine rings is 1. The van der Waals surface area contributed by atoms with Crippen LogP contribution in [-0.4, -0.2) is 106 Å². The number of rotatable bonds is 11. The first-order valence-corrected chi connectivity index (χ1v) is 11.3. The highest BCUT2D eigenvalue weighted by Crippen LogP contribution is 2.07. The summed E-state index contributed by atoms with van der Waals surface area (Å²) in [4.78, 5) is 23.8. The monoisotopic (exact) mass is 432 g/mol. The van der Waals surface area contributed by atoms with Gasteiger partial charge in [0.1, 0.15) is 0 Å². The Hall–Kier alpha value is -2.16. The normalized spacial score (nSPS) is 16.4. The van der Waals surface area contributed by atoms with Crippen molar-refractivity contribution in [3.63, 3.8) is 0 Å². The molecule has 1 aliphatic heterocycles. The molecule has 1 unspecified atom stereocenters. The zero-order valence-electron chi connectivity index (χ0n) is 19.6. The maximum absolute atomic E-state index is 12.0. The second-order valence-electron chi connectivity index (χ2n) is 8.05. The van der Waals surface area contributed by atoms with E-state index in [1.165, 1.54) is 5.56 Å². The van der Waals surface area contributed by atoms with Crippen LogP contribution in [0.5, 0.6) is 0 Å². The molecule has 8 heteroatoms. The summed E-state index contributed by atoms with van der Waals surface area (Å²) in [5.41, 5.74) is 1.31. The molecule has 1 aromatic rings. The molecule has 2 rings (SSSR count). The van der Waals surface area contributed by atoms with Gasteiger partial charge in [0, 0.05) is 59.0 Å². The lowest BCUT2D eigenvalue weighted by Gasteiger charge is -2.36. The summed E-state index contributed by atoms with van der Waals surface area (Å²) in [6, 6.07) is 10.9. The molecule has 0 saturated carbocycles. The van der Waals surface area contributed by atoms with Crippen LogP contribution in [0.25, 0.3) is 0 Å². The van der Waals surface area contributed by atoms with Crippen molar-refractivity contribution in [3.8, 4) is 0 Å². The van der Waals surface area contributed by atoms with Crippen molar-refractivity contribution in [3.05, 3.63) is 35.9 Å². The molecule has 1 fully saturated rings. The summed E-state index contributed by atoms with van der Waals surface area (Å²) in [6.07, 6.45) is 0. The van der Waals surface area contributed by atoms with Crippen molar-refractivity contribution in [2.24, 2.45) is 4.99 Å². The summed E-state index contributed by atoms with van der Waals surface area (Å²) in [5, 5.41) is 6.32. The van der Waals surface area contributed by atoms with Crippen LogP contribution in [0, 0.1) is 0 Å². The second-order valence-corrected chi connectivity index (χ2v) is 8.05. The molecule has 1 heterocycles. The Morgan fingerprint density at radius 3 is 2.55 bits per heavy atom. The predicted octanol–water partition coefficient (Wildman–Crippen LogP) is 0.853. The van der Waals surface area contributed by atoms with Crippen molar-refractivity contribution in [2.45, 2.75) is 26.4 Å². The molecular formula is C23H40N6O2. The highest BCUT2D eigenvalue weighted by Gasteiger charge is 2.21. The topological polar surface area (TPSA) is 72.4 Å². The first-order chi connectivity index (χ1) is 15.0. The fraction of sp³-hybridized carbons (Fsp3) is 0.652. The smallest absolute Gasteiger partial charge is 0.234 e. The van der Waals surface area contributed by atoms with E-state index in [1.54, 1.807) is 7.11 Å². The molecule has 0 aromatic heterocycles. The van der Waals surface area contributed by atoms with Gasteiger partial charge in [-0.1, -0.05) is 30.3 Å². The third-order valence-electron chi connectivity index (χ3n) is 5.53. The van der Waals surface area contributed by atoms with Gasteiger partial charge in [-0.25, -0.2) is 0 Å². The number of nitrogens with zero attached hydrogens (tertiary/aromatic N) is 4. The van der Waals surface area contributed by atoms with Crippen LogP contribution in [-0.2, 0) is 16.1 Å². The van der Waals surface area contributed by atoms with Crippen LogP contribution >= 0.6 is 0 Å². The van der Waals surface area contributed by atoms with E-state index in [4.69, 9.17) is 9.73 Å². The number of likely N-dealkylation sites (N-methyl/N-ethyl adjacent to an activating group) is 1. The molecule has 1 aromatic carbocycles. The lowest BCUT2D eigenvalue weighted by molar-refractivity contribution is -0.122. The van der Waals surface area contributed by atoms with E-state index in [2.05, 4.69) is 70.5 Å². The molecule has 0 bridgehead atoms. The van der Waals surface area contributed by atoms with Crippen molar-refractivity contribution in [1.82, 2.24) is 25.3 Å². The maximum Gasteiger partial charge on any atom is 0.234 e. The number of benzene rings is 1. The van der Waals surface area contributed by atoms with Gasteiger partial charge in [-0.2, -0.15) is 0 Å². The van der Waals surface area contributed by atoms with E-state index < -0.39 is 0 Å². The van der Waals surface area contributed by atoms with Crippen molar-refractivity contribution < 1.29 is 9.53 Å². The van der Waals surface area contributed by atoms with Gasteiger partial charge in [-0.05, 0) is 26.5 Å². The predicted molar refractivity (Wildman–Crippen MR) is 126 cm³/mol. The minimum atomic E-state index is 0.0568. The van der Waals surface area contributed by atoms with Gasteiger partial charge in [0.25, 0.3) is 0 Å². The highest BCUT2D eigenvalue weighted by atomic mass is 16.5. The molecule has 8 nitrogen and oxygen atoms in total. The van der Waals surface area contributed by atoms with E-state index in [0.717, 1.165) is 51.8 Å². The van der Waals surface area contributed by atoms with E-state index in [9.17, 15) is 4.79 Å². The van der Waals surface area contributed by atoms with Crippen LogP contribution in [0.2, 0.25) is 0 Å². The minimum Gasteiger partial charge on any atom is -0.383 e. The van der Waals surface area contributed by atoms with E-state index in [0.29, 0.717) is 25.7 Å². The van der Waals surface area contributed by atoms with Crippen molar-refractivity contribution in [2.75, 3.05) is 73.1 Å². The SMILES string of the molecule is CCNC(=NCC(C)N(C)Cc1ccccc1)N1CCN(CC(=O)NCCOC)CC1. The molecule has 0 aliphatic carbocycles. The van der Waals surface area contributed by atoms with Crippen molar-refractivity contribution in [1.29, 1.82) is 0 Å². The summed E-state index contributed by atoms with van der Waals surface area (Å²) >= 11 is 0. The summed E-state index contributed by atoms with van der Waals surface area (Å²) < 4.78 is 4.97. The lowest BCUT2D eigenvalue weighted by atomic mass is 10.2. The average molecular weight is 433 g/mol. The molecule has 31 heavy (non-hydrogen) atoms. The van der Waals surface area contributed by atoms with Gasteiger partial charge in [-0.3, -0.25) is 19.6 Å². The third-order valence-corrected chi connectivity index (χ3v) is 5.53. The minimum absolute atomic E-state index is 0.0568. The van der Waals surface area contributed by atoms with Crippen LogP contribution in [0.15, 0.2) is 35.3 Å². The number of methoxy groups -OCH3 is 1. The second kappa shape index (κ2) is 14.0. The largest absolute Gasteiger partial charge is 0.383 e. The number of guanidine groups is 1. The Balaban J connectivity index is 1.80. The molecule has 0 spiro atoms. The molecule has 174 valence electrons. The van der Waals surface area contributed by atoms with Crippen LogP contribution in [0.4, 0.5) is 0 Å². The first-order valence-electron chi connectivity index (χ1n) is 11.3. The fourth-order valence-corrected chi connectivity index (χ4v) is 3.48. The lowest BCUT2D eigenvalue weighted by Crippen LogP contribution is -2.54. The van der Waals surface area contributed by atoms with Gasteiger partial charge in [-0.15, -0.1) is 0 Å². The number of carbonyl (C=O) groups is 1. The van der Waals surface area contributed by atoms with Gasteiger partial charge < -0.3 is 20.3 Å². The molecule has 1 amide bonds. The summed E-state index contributed by atoms with van der Waals surface area (Å²) in [7, 11) is 3.79. The van der Waals surface area contributed by atoms with E-state index >= 15 is 0 Å². The third kappa shape index (κ3) is 9.25. The van der Waals surface area contributed by atoms with Crippen LogP contribution in [0.1, 0.15) is 19.4 Å². The Morgan fingerprint density at radius 2 is 1.90 bits per heavy atom. The Bertz CT molecular complexity index is 661. The molecule has 2 N–H and O–H groups in total. The Labute approximate surface area is 187 Å². The maximum atomic E-state index is 12.0. The standard InChI is InChI=1S/C23H40N6O2/c1-5-24-23(26-17-20(2)27(3)18-21-9-7-6-8-10-21)29-14-12-28(13-15-29)19-22(30)25-11-16-31-4/h6-10,20H,5,11-19H2,1-4H3,(H,24,26)(H,25,30). The van der Waals surface area contributed by atoms with Gasteiger partial charge in [0.2, 0.25) is 5.91 Å². The number of amides is 1. The van der Waals surface area contributed by atoms with E-state index in [1.807, 2.05) is 6.07 Å². The fourth-order valence-electron chi connectivity index (χ4n) is 3.48. The zero-order chi connectivity index (χ0) is 22.5. The van der Waals surface area contributed by atoms with Crippen LogP contribution < -0.4 is 10.6 Å². The van der Waals surface area contributed by atoms with Crippen molar-refractivity contribution >= 4 is 11.9 Å². The number of nitrogens with one attached hydrogen (secondary N) is 2. The molecular weight excluding hydrogens is 392 g/mol. The molecule has 1 aliphatic rings. The van der Waals surface area contributed by atoms with Gasteiger partial charge >= 0.3 is 0 Å². The van der Waals surface area contributed by atoms with Crippen LogP contribution in [0.3, 0.4) is 0 Å². The number of hydrogen-bond acceptors (Lipinski definition) is 5. The zero-order valence-corrected chi connectivity index (χ0v) is 19.6. The molecule has 1 atom stereocenters. The summed E-state index contributed by atoms with van der Waals surface area (Å²) in [6.45, 7) is 11.8. The number of ether oxygens (including phenoxy) is 1. The Kier molecular flexibility index (Phi) is 11.3. The highest BCUT2D eigenvalue weighted by molar-refractivity contribution is 5.80. The van der Waals surface area contributed by atoms with Gasteiger partial charge in [0.05, 0.1) is 19.7 Å².